The number of nitrogens with zero attached hydrogens (tertiary/aromatic N) is 3. The third-order valence-electron chi connectivity index (χ3n) is 5.49. The lowest BCUT2D eigenvalue weighted by Gasteiger charge is -2.37. The lowest BCUT2D eigenvalue weighted by Crippen LogP contribution is -2.42. The number of thiol groups is 1. The Bertz CT molecular complexity index is 874. The number of piperidine rings is 1. The lowest BCUT2D eigenvalue weighted by molar-refractivity contribution is -0.126. The molecule has 1 saturated carbocycles. The zero-order valence-electron chi connectivity index (χ0n) is 15.4. The monoisotopic (exact) mass is 385 g/mol. The van der Waals surface area contributed by atoms with Gasteiger partial charge in [0.05, 0.1) is 6.04 Å². The molecule has 0 bridgehead atoms. The Morgan fingerprint density at radius 1 is 1.33 bits per heavy atom. The van der Waals surface area contributed by atoms with E-state index in [1.54, 1.807) is 18.3 Å². The highest BCUT2D eigenvalue weighted by Crippen LogP contribution is 2.39. The van der Waals surface area contributed by atoms with Crippen molar-refractivity contribution in [3.63, 3.8) is 0 Å². The van der Waals surface area contributed by atoms with Gasteiger partial charge < -0.3 is 4.57 Å². The van der Waals surface area contributed by atoms with Crippen molar-refractivity contribution in [2.45, 2.75) is 30.6 Å². The molecule has 1 aromatic heterocycles. The van der Waals surface area contributed by atoms with E-state index in [9.17, 15) is 9.18 Å². The summed E-state index contributed by atoms with van der Waals surface area (Å²) in [6.07, 6.45) is 8.37. The normalized spacial score (nSPS) is 23.5. The number of hydrogen-bond acceptors (Lipinski definition) is 4. The fraction of sp³-hybridized carbons (Fsp3) is 0.429. The molecule has 4 nitrogen and oxygen atoms in total. The van der Waals surface area contributed by atoms with Crippen LogP contribution in [0.4, 0.5) is 4.39 Å². The number of imidazole rings is 1. The average molecular weight is 386 g/mol. The Kier molecular flexibility index (Phi) is 5.19. The van der Waals surface area contributed by atoms with Crippen molar-refractivity contribution in [2.24, 2.45) is 13.0 Å². The summed E-state index contributed by atoms with van der Waals surface area (Å²) in [5.74, 6) is 0.778. The largest absolute Gasteiger partial charge is 0.335 e. The van der Waals surface area contributed by atoms with Gasteiger partial charge in [0.25, 0.3) is 0 Å². The van der Waals surface area contributed by atoms with E-state index < -0.39 is 6.04 Å². The van der Waals surface area contributed by atoms with Crippen LogP contribution in [0.25, 0.3) is 6.08 Å². The first-order valence-corrected chi connectivity index (χ1v) is 9.94. The maximum absolute atomic E-state index is 14.5. The molecule has 2 aromatic rings. The summed E-state index contributed by atoms with van der Waals surface area (Å²) in [4.78, 5) is 19.5. The van der Waals surface area contributed by atoms with Gasteiger partial charge in [0.1, 0.15) is 11.6 Å². The number of ketones is 1. The van der Waals surface area contributed by atoms with E-state index in [2.05, 4.69) is 9.88 Å². The van der Waals surface area contributed by atoms with E-state index in [0.717, 1.165) is 37.2 Å². The Balaban J connectivity index is 1.66. The maximum Gasteiger partial charge on any atom is 0.157 e. The van der Waals surface area contributed by atoms with Crippen LogP contribution in [0.15, 0.2) is 42.2 Å². The topological polar surface area (TPSA) is 38.1 Å². The van der Waals surface area contributed by atoms with Gasteiger partial charge in [-0.1, -0.05) is 18.2 Å². The molecule has 6 heteroatoms. The average Bonchev–Trinajstić information content (AvgIpc) is 3.43. The predicted molar refractivity (Wildman–Crippen MR) is 107 cm³/mol. The minimum Gasteiger partial charge on any atom is -0.335 e. The van der Waals surface area contributed by atoms with Crippen LogP contribution in [0, 0.1) is 11.7 Å². The third kappa shape index (κ3) is 3.87. The van der Waals surface area contributed by atoms with Gasteiger partial charge in [-0.15, -0.1) is 0 Å². The summed E-state index contributed by atoms with van der Waals surface area (Å²) in [6, 6.07) is 6.14. The molecule has 1 aliphatic carbocycles. The summed E-state index contributed by atoms with van der Waals surface area (Å²) in [6.45, 7) is 1.32. The second-order valence-corrected chi connectivity index (χ2v) is 8.11. The van der Waals surface area contributed by atoms with E-state index in [1.807, 2.05) is 30.0 Å². The molecular weight excluding hydrogens is 361 g/mol. The van der Waals surface area contributed by atoms with Gasteiger partial charge in [-0.05, 0) is 37.0 Å². The second kappa shape index (κ2) is 7.60. The van der Waals surface area contributed by atoms with Crippen LogP contribution in [0.5, 0.6) is 0 Å². The van der Waals surface area contributed by atoms with Crippen LogP contribution in [-0.2, 0) is 11.8 Å². The van der Waals surface area contributed by atoms with Crippen LogP contribution < -0.4 is 0 Å². The van der Waals surface area contributed by atoms with Crippen LogP contribution in [0.3, 0.4) is 0 Å². The van der Waals surface area contributed by atoms with Gasteiger partial charge in [0.2, 0.25) is 0 Å². The number of likely N-dealkylation sites (tertiary alicyclic amines) is 1. The first-order chi connectivity index (χ1) is 13.0. The van der Waals surface area contributed by atoms with Crippen molar-refractivity contribution >= 4 is 24.5 Å². The quantitative estimate of drug-likeness (QED) is 0.798. The molecule has 0 amide bonds. The second-order valence-electron chi connectivity index (χ2n) is 7.49. The number of rotatable bonds is 5. The zero-order chi connectivity index (χ0) is 19.0. The molecule has 2 unspecified atom stereocenters. The molecule has 2 aliphatic rings. The molecular formula is C21H24FN3OS. The molecule has 142 valence electrons. The molecule has 1 aliphatic heterocycles. The van der Waals surface area contributed by atoms with E-state index in [0.29, 0.717) is 12.1 Å². The number of Topliss-reactive ketones (excluding diaryl/α,β-unsaturated/α-hetero) is 1. The van der Waals surface area contributed by atoms with E-state index >= 15 is 0 Å². The summed E-state index contributed by atoms with van der Waals surface area (Å²) >= 11 is 4.73. The zero-order valence-corrected chi connectivity index (χ0v) is 16.3. The van der Waals surface area contributed by atoms with Crippen molar-refractivity contribution in [3.8, 4) is 0 Å². The van der Waals surface area contributed by atoms with E-state index in [1.165, 1.54) is 6.07 Å². The smallest absolute Gasteiger partial charge is 0.157 e. The van der Waals surface area contributed by atoms with Crippen molar-refractivity contribution in [1.29, 1.82) is 0 Å². The Morgan fingerprint density at radius 3 is 2.78 bits per heavy atom. The first kappa shape index (κ1) is 18.4. The van der Waals surface area contributed by atoms with Gasteiger partial charge in [-0.3, -0.25) is 9.69 Å². The number of halogens is 1. The van der Waals surface area contributed by atoms with Crippen molar-refractivity contribution in [2.75, 3.05) is 13.1 Å². The molecule has 0 radical (unpaired) electrons. The summed E-state index contributed by atoms with van der Waals surface area (Å²) < 4.78 is 16.5. The van der Waals surface area contributed by atoms with Crippen molar-refractivity contribution in [1.82, 2.24) is 14.5 Å². The molecule has 1 aromatic carbocycles. The summed E-state index contributed by atoms with van der Waals surface area (Å²) in [5.41, 5.74) is 1.60. The van der Waals surface area contributed by atoms with E-state index in [-0.39, 0.29) is 22.8 Å². The lowest BCUT2D eigenvalue weighted by atomic mass is 9.93. The molecule has 0 spiro atoms. The summed E-state index contributed by atoms with van der Waals surface area (Å²) in [7, 11) is 1.95. The fourth-order valence-corrected chi connectivity index (χ4v) is 4.03. The standard InChI is InChI=1S/C21H24FN3OS/c1-24-11-9-23-19(24)12-15-13-25(10-8-18(15)27)20(21(26)14-6-7-14)16-4-2-3-5-17(16)22/h2-5,9,11-12,14,18,20,27H,6-8,10,13H2,1H3/b15-12+. The van der Waals surface area contributed by atoms with Crippen LogP contribution >= 0.6 is 12.6 Å². The Morgan fingerprint density at radius 2 is 2.11 bits per heavy atom. The van der Waals surface area contributed by atoms with Gasteiger partial charge in [-0.2, -0.15) is 12.6 Å². The third-order valence-corrected chi connectivity index (χ3v) is 6.08. The number of carbonyl (C=O) groups is 1. The predicted octanol–water partition coefficient (Wildman–Crippen LogP) is 3.67. The molecule has 2 atom stereocenters. The molecule has 2 fully saturated rings. The fourth-order valence-electron chi connectivity index (χ4n) is 3.75. The van der Waals surface area contributed by atoms with Crippen LogP contribution in [0.2, 0.25) is 0 Å². The molecule has 0 N–H and O–H groups in total. The maximum atomic E-state index is 14.5. The van der Waals surface area contributed by atoms with E-state index in [4.69, 9.17) is 12.6 Å². The van der Waals surface area contributed by atoms with Gasteiger partial charge in [-0.25, -0.2) is 9.37 Å². The molecule has 4 rings (SSSR count). The number of aryl methyl sites for hydroxylation is 1. The van der Waals surface area contributed by atoms with Crippen LogP contribution in [0.1, 0.15) is 36.7 Å². The number of benzene rings is 1. The molecule has 2 heterocycles. The highest BCUT2D eigenvalue weighted by Gasteiger charge is 2.40. The van der Waals surface area contributed by atoms with Crippen molar-refractivity contribution < 1.29 is 9.18 Å². The highest BCUT2D eigenvalue weighted by molar-refractivity contribution is 7.81. The Hall–Kier alpha value is -1.92. The highest BCUT2D eigenvalue weighted by atomic mass is 32.1. The molecule has 1 saturated heterocycles. The number of aromatic nitrogens is 2. The van der Waals surface area contributed by atoms with Gasteiger partial charge in [0, 0.05) is 49.3 Å². The minimum atomic E-state index is -0.524. The first-order valence-electron chi connectivity index (χ1n) is 9.42. The van der Waals surface area contributed by atoms with Gasteiger partial charge >= 0.3 is 0 Å². The summed E-state index contributed by atoms with van der Waals surface area (Å²) in [5, 5.41) is 0.121. The SMILES string of the molecule is Cn1ccnc1/C=C1\CN(C(C(=O)C2CC2)c2ccccc2F)CCC1S. The number of carbonyl (C=O) groups excluding carboxylic acids is 1. The van der Waals surface area contributed by atoms with Crippen LogP contribution in [-0.4, -0.2) is 38.6 Å². The van der Waals surface area contributed by atoms with Crippen molar-refractivity contribution in [3.05, 3.63) is 59.4 Å². The number of hydrogen-bond donors (Lipinski definition) is 1. The Labute approximate surface area is 164 Å². The minimum absolute atomic E-state index is 0.0744. The van der Waals surface area contributed by atoms with Gasteiger partial charge in [0.15, 0.2) is 5.78 Å². The molecule has 27 heavy (non-hydrogen) atoms.